The third-order valence-corrected chi connectivity index (χ3v) is 3.90. The fourth-order valence-electron chi connectivity index (χ4n) is 2.44. The number of hydrogen-bond acceptors (Lipinski definition) is 4. The summed E-state index contributed by atoms with van der Waals surface area (Å²) in [7, 11) is 3.78. The Morgan fingerprint density at radius 3 is 2.67 bits per heavy atom. The van der Waals surface area contributed by atoms with Crippen LogP contribution in [-0.2, 0) is 7.05 Å². The van der Waals surface area contributed by atoms with Crippen molar-refractivity contribution in [1.82, 2.24) is 19.7 Å². The molecule has 1 saturated heterocycles. The maximum atomic E-state index is 12.0. The van der Waals surface area contributed by atoms with Crippen molar-refractivity contribution in [3.05, 3.63) is 34.2 Å². The molecular weight excluding hydrogens is 268 g/mol. The third kappa shape index (κ3) is 4.41. The second-order valence-electron chi connectivity index (χ2n) is 5.59. The van der Waals surface area contributed by atoms with Gasteiger partial charge in [0.2, 0.25) is 0 Å². The first kappa shape index (κ1) is 15.7. The van der Waals surface area contributed by atoms with Crippen LogP contribution in [0.2, 0.25) is 0 Å². The molecule has 0 atom stereocenters. The van der Waals surface area contributed by atoms with E-state index in [1.165, 1.54) is 4.57 Å². The van der Waals surface area contributed by atoms with Crippen LogP contribution in [0.1, 0.15) is 16.8 Å². The standard InChI is InChI=1S/C15H24N4O2/c1-17-9-11-19(12-10-17)8-4-6-16-14(20)13-5-3-7-18(2)15(13)21/h3,5,7H,4,6,8-12H2,1-2H3,(H,16,20). The van der Waals surface area contributed by atoms with Crippen molar-refractivity contribution in [3.8, 4) is 0 Å². The Morgan fingerprint density at radius 2 is 1.95 bits per heavy atom. The Morgan fingerprint density at radius 1 is 1.24 bits per heavy atom. The first-order valence-electron chi connectivity index (χ1n) is 7.42. The van der Waals surface area contributed by atoms with Crippen LogP contribution in [0.15, 0.2) is 23.1 Å². The molecule has 6 nitrogen and oxygen atoms in total. The lowest BCUT2D eigenvalue weighted by Crippen LogP contribution is -2.45. The van der Waals surface area contributed by atoms with Crippen LogP contribution in [-0.4, -0.2) is 66.6 Å². The van der Waals surface area contributed by atoms with E-state index in [9.17, 15) is 9.59 Å². The lowest BCUT2D eigenvalue weighted by molar-refractivity contribution is 0.0947. The van der Waals surface area contributed by atoms with Gasteiger partial charge in [0, 0.05) is 46.0 Å². The maximum absolute atomic E-state index is 12.0. The molecule has 1 aromatic rings. The molecule has 1 aliphatic rings. The summed E-state index contributed by atoms with van der Waals surface area (Å²) < 4.78 is 1.42. The van der Waals surface area contributed by atoms with Gasteiger partial charge in [-0.05, 0) is 32.1 Å². The maximum Gasteiger partial charge on any atom is 0.263 e. The minimum Gasteiger partial charge on any atom is -0.352 e. The molecule has 2 rings (SSSR count). The van der Waals surface area contributed by atoms with Gasteiger partial charge in [0.1, 0.15) is 5.56 Å². The van der Waals surface area contributed by atoms with Gasteiger partial charge >= 0.3 is 0 Å². The molecule has 1 aromatic heterocycles. The molecule has 1 fully saturated rings. The third-order valence-electron chi connectivity index (χ3n) is 3.90. The Kier molecular flexibility index (Phi) is 5.52. The Balaban J connectivity index is 1.72. The van der Waals surface area contributed by atoms with Gasteiger partial charge in [-0.15, -0.1) is 0 Å². The quantitative estimate of drug-likeness (QED) is 0.761. The molecule has 0 unspecified atom stereocenters. The molecule has 0 aromatic carbocycles. The topological polar surface area (TPSA) is 57.6 Å². The number of carbonyl (C=O) groups excluding carboxylic acids is 1. The first-order valence-corrected chi connectivity index (χ1v) is 7.42. The highest BCUT2D eigenvalue weighted by atomic mass is 16.2. The van der Waals surface area contributed by atoms with E-state index < -0.39 is 0 Å². The number of nitrogens with one attached hydrogen (secondary N) is 1. The fraction of sp³-hybridized carbons (Fsp3) is 0.600. The average molecular weight is 292 g/mol. The van der Waals surface area contributed by atoms with Crippen LogP contribution < -0.4 is 10.9 Å². The zero-order chi connectivity index (χ0) is 15.2. The van der Waals surface area contributed by atoms with Crippen LogP contribution in [0.4, 0.5) is 0 Å². The number of pyridine rings is 1. The van der Waals surface area contributed by atoms with Crippen LogP contribution in [0.5, 0.6) is 0 Å². The number of rotatable bonds is 5. The van der Waals surface area contributed by atoms with Gasteiger partial charge in [0.15, 0.2) is 0 Å². The van der Waals surface area contributed by atoms with Gasteiger partial charge < -0.3 is 19.7 Å². The summed E-state index contributed by atoms with van der Waals surface area (Å²) in [6, 6.07) is 3.28. The van der Waals surface area contributed by atoms with E-state index in [1.807, 2.05) is 0 Å². The lowest BCUT2D eigenvalue weighted by atomic mass is 10.2. The van der Waals surface area contributed by atoms with Gasteiger partial charge in [0.05, 0.1) is 0 Å². The summed E-state index contributed by atoms with van der Waals surface area (Å²) in [5.41, 5.74) is -0.0475. The molecule has 1 N–H and O–H groups in total. The SMILES string of the molecule is CN1CCN(CCCNC(=O)c2cccn(C)c2=O)CC1. The van der Waals surface area contributed by atoms with Crippen LogP contribution in [0, 0.1) is 0 Å². The van der Waals surface area contributed by atoms with Crippen molar-refractivity contribution < 1.29 is 4.79 Å². The molecule has 116 valence electrons. The van der Waals surface area contributed by atoms with Gasteiger partial charge in [-0.25, -0.2) is 0 Å². The molecule has 0 bridgehead atoms. The number of hydrogen-bond donors (Lipinski definition) is 1. The molecule has 0 saturated carbocycles. The molecule has 21 heavy (non-hydrogen) atoms. The molecule has 0 radical (unpaired) electrons. The van der Waals surface area contributed by atoms with E-state index in [0.29, 0.717) is 6.54 Å². The van der Waals surface area contributed by atoms with Crippen LogP contribution in [0.25, 0.3) is 0 Å². The summed E-state index contributed by atoms with van der Waals surface area (Å²) >= 11 is 0. The molecule has 0 aliphatic carbocycles. The highest BCUT2D eigenvalue weighted by Gasteiger charge is 2.13. The molecule has 0 spiro atoms. The average Bonchev–Trinajstić information content (AvgIpc) is 2.48. The number of carbonyl (C=O) groups is 1. The molecular formula is C15H24N4O2. The first-order chi connectivity index (χ1) is 10.1. The summed E-state index contributed by atoms with van der Waals surface area (Å²) in [5, 5.41) is 2.83. The molecule has 2 heterocycles. The van der Waals surface area contributed by atoms with Gasteiger partial charge in [-0.1, -0.05) is 0 Å². The highest BCUT2D eigenvalue weighted by Crippen LogP contribution is 1.99. The van der Waals surface area contributed by atoms with Crippen molar-refractivity contribution in [2.45, 2.75) is 6.42 Å². The number of nitrogens with zero attached hydrogens (tertiary/aromatic N) is 3. The second kappa shape index (κ2) is 7.38. The van der Waals surface area contributed by atoms with Gasteiger partial charge in [0.25, 0.3) is 11.5 Å². The van der Waals surface area contributed by atoms with E-state index >= 15 is 0 Å². The van der Waals surface area contributed by atoms with Gasteiger partial charge in [-0.2, -0.15) is 0 Å². The predicted molar refractivity (Wildman–Crippen MR) is 82.6 cm³/mol. The minimum atomic E-state index is -0.283. The molecule has 6 heteroatoms. The fourth-order valence-corrected chi connectivity index (χ4v) is 2.44. The largest absolute Gasteiger partial charge is 0.352 e. The van der Waals surface area contributed by atoms with Crippen molar-refractivity contribution in [2.75, 3.05) is 46.3 Å². The molecule has 1 amide bonds. The van der Waals surface area contributed by atoms with E-state index in [-0.39, 0.29) is 17.0 Å². The normalized spacial score (nSPS) is 16.9. The zero-order valence-electron chi connectivity index (χ0n) is 12.8. The highest BCUT2D eigenvalue weighted by molar-refractivity contribution is 5.93. The monoisotopic (exact) mass is 292 g/mol. The Hall–Kier alpha value is -1.66. The summed E-state index contributed by atoms with van der Waals surface area (Å²) in [6.45, 7) is 5.97. The van der Waals surface area contributed by atoms with E-state index in [1.54, 1.807) is 25.4 Å². The Labute approximate surface area is 125 Å². The van der Waals surface area contributed by atoms with E-state index in [0.717, 1.165) is 39.1 Å². The van der Waals surface area contributed by atoms with Crippen molar-refractivity contribution in [1.29, 1.82) is 0 Å². The van der Waals surface area contributed by atoms with Crippen LogP contribution >= 0.6 is 0 Å². The number of piperazine rings is 1. The zero-order valence-corrected chi connectivity index (χ0v) is 12.8. The number of aromatic nitrogens is 1. The van der Waals surface area contributed by atoms with Crippen LogP contribution in [0.3, 0.4) is 0 Å². The summed E-state index contributed by atoms with van der Waals surface area (Å²) in [6.07, 6.45) is 2.55. The van der Waals surface area contributed by atoms with Crippen molar-refractivity contribution >= 4 is 5.91 Å². The lowest BCUT2D eigenvalue weighted by Gasteiger charge is -2.32. The van der Waals surface area contributed by atoms with E-state index in [2.05, 4.69) is 22.2 Å². The summed E-state index contributed by atoms with van der Waals surface area (Å²) in [4.78, 5) is 28.5. The van der Waals surface area contributed by atoms with E-state index in [4.69, 9.17) is 0 Å². The minimum absolute atomic E-state index is 0.208. The number of aryl methyl sites for hydroxylation is 1. The number of amides is 1. The predicted octanol–water partition coefficient (Wildman–Crippen LogP) is -0.247. The Bertz CT molecular complexity index is 533. The number of likely N-dealkylation sites (N-methyl/N-ethyl adjacent to an activating group) is 1. The van der Waals surface area contributed by atoms with Gasteiger partial charge in [-0.3, -0.25) is 9.59 Å². The summed E-state index contributed by atoms with van der Waals surface area (Å²) in [5.74, 6) is -0.283. The van der Waals surface area contributed by atoms with Crippen molar-refractivity contribution in [2.24, 2.45) is 7.05 Å². The smallest absolute Gasteiger partial charge is 0.263 e. The molecule has 1 aliphatic heterocycles. The second-order valence-corrected chi connectivity index (χ2v) is 5.59. The van der Waals surface area contributed by atoms with Crippen molar-refractivity contribution in [3.63, 3.8) is 0 Å².